The zero-order valence-electron chi connectivity index (χ0n) is 11.9. The minimum absolute atomic E-state index is 0.0731. The van der Waals surface area contributed by atoms with Crippen LogP contribution in [-0.2, 0) is 12.8 Å². The molecule has 0 aliphatic rings. The van der Waals surface area contributed by atoms with Gasteiger partial charge in [0, 0.05) is 19.4 Å². The average Bonchev–Trinajstić information content (AvgIpc) is 2.85. The predicted molar refractivity (Wildman–Crippen MR) is 77.2 cm³/mol. The molecule has 0 aliphatic carbocycles. The SMILES string of the molecule is CCc1nc(CC)n(C(CN)c2ccccc2C)n1. The molecular weight excluding hydrogens is 236 g/mol. The van der Waals surface area contributed by atoms with E-state index in [4.69, 9.17) is 5.73 Å². The normalized spacial score (nSPS) is 12.6. The first-order valence-corrected chi connectivity index (χ1v) is 6.91. The summed E-state index contributed by atoms with van der Waals surface area (Å²) in [7, 11) is 0. The van der Waals surface area contributed by atoms with E-state index >= 15 is 0 Å². The number of rotatable bonds is 5. The van der Waals surface area contributed by atoms with E-state index in [-0.39, 0.29) is 6.04 Å². The maximum absolute atomic E-state index is 5.99. The molecule has 1 aromatic carbocycles. The topological polar surface area (TPSA) is 56.7 Å². The Kier molecular flexibility index (Phi) is 4.32. The molecule has 0 fully saturated rings. The maximum Gasteiger partial charge on any atom is 0.150 e. The fourth-order valence-corrected chi connectivity index (χ4v) is 2.36. The monoisotopic (exact) mass is 258 g/mol. The summed E-state index contributed by atoms with van der Waals surface area (Å²) in [6.45, 7) is 6.82. The van der Waals surface area contributed by atoms with Crippen molar-refractivity contribution in [2.24, 2.45) is 5.73 Å². The molecule has 1 heterocycles. The van der Waals surface area contributed by atoms with Crippen molar-refractivity contribution in [3.05, 3.63) is 47.0 Å². The van der Waals surface area contributed by atoms with Crippen molar-refractivity contribution in [1.29, 1.82) is 0 Å². The van der Waals surface area contributed by atoms with Crippen LogP contribution in [0.2, 0.25) is 0 Å². The molecule has 102 valence electrons. The van der Waals surface area contributed by atoms with Crippen LogP contribution in [0.25, 0.3) is 0 Å². The fourth-order valence-electron chi connectivity index (χ4n) is 2.36. The van der Waals surface area contributed by atoms with Crippen molar-refractivity contribution in [3.63, 3.8) is 0 Å². The van der Waals surface area contributed by atoms with Crippen molar-refractivity contribution in [3.8, 4) is 0 Å². The van der Waals surface area contributed by atoms with Gasteiger partial charge in [-0.3, -0.25) is 0 Å². The van der Waals surface area contributed by atoms with E-state index in [0.717, 1.165) is 24.5 Å². The Hall–Kier alpha value is -1.68. The minimum atomic E-state index is 0.0731. The van der Waals surface area contributed by atoms with Gasteiger partial charge in [-0.25, -0.2) is 9.67 Å². The second-order valence-electron chi connectivity index (χ2n) is 4.70. The lowest BCUT2D eigenvalue weighted by Crippen LogP contribution is -2.24. The van der Waals surface area contributed by atoms with Crippen molar-refractivity contribution in [1.82, 2.24) is 14.8 Å². The molecule has 0 radical (unpaired) electrons. The predicted octanol–water partition coefficient (Wildman–Crippen LogP) is 2.26. The van der Waals surface area contributed by atoms with E-state index in [1.54, 1.807) is 0 Å². The molecular formula is C15H22N4. The number of hydrogen-bond acceptors (Lipinski definition) is 3. The van der Waals surface area contributed by atoms with E-state index in [2.05, 4.69) is 43.0 Å². The van der Waals surface area contributed by atoms with Crippen LogP contribution in [0, 0.1) is 6.92 Å². The summed E-state index contributed by atoms with van der Waals surface area (Å²) in [6, 6.07) is 8.41. The van der Waals surface area contributed by atoms with E-state index < -0.39 is 0 Å². The van der Waals surface area contributed by atoms with Gasteiger partial charge in [0.25, 0.3) is 0 Å². The summed E-state index contributed by atoms with van der Waals surface area (Å²) in [4.78, 5) is 4.57. The lowest BCUT2D eigenvalue weighted by Gasteiger charge is -2.19. The zero-order valence-corrected chi connectivity index (χ0v) is 11.9. The van der Waals surface area contributed by atoms with E-state index in [9.17, 15) is 0 Å². The third-order valence-corrected chi connectivity index (χ3v) is 3.44. The average molecular weight is 258 g/mol. The second kappa shape index (κ2) is 5.97. The quantitative estimate of drug-likeness (QED) is 0.895. The highest BCUT2D eigenvalue weighted by Gasteiger charge is 2.19. The fraction of sp³-hybridized carbons (Fsp3) is 0.467. The number of aromatic nitrogens is 3. The van der Waals surface area contributed by atoms with Crippen molar-refractivity contribution < 1.29 is 0 Å². The Morgan fingerprint density at radius 1 is 1.21 bits per heavy atom. The van der Waals surface area contributed by atoms with Crippen LogP contribution in [-0.4, -0.2) is 21.3 Å². The van der Waals surface area contributed by atoms with E-state index in [0.29, 0.717) is 6.54 Å². The van der Waals surface area contributed by atoms with Gasteiger partial charge in [0.05, 0.1) is 6.04 Å². The largest absolute Gasteiger partial charge is 0.328 e. The first-order chi connectivity index (χ1) is 9.21. The van der Waals surface area contributed by atoms with Crippen molar-refractivity contribution in [2.75, 3.05) is 6.54 Å². The van der Waals surface area contributed by atoms with Gasteiger partial charge in [0.2, 0.25) is 0 Å². The Morgan fingerprint density at radius 2 is 1.95 bits per heavy atom. The lowest BCUT2D eigenvalue weighted by atomic mass is 10.0. The molecule has 4 nitrogen and oxygen atoms in total. The Labute approximate surface area is 114 Å². The molecule has 2 rings (SSSR count). The van der Waals surface area contributed by atoms with Gasteiger partial charge in [-0.05, 0) is 18.1 Å². The molecule has 1 unspecified atom stereocenters. The number of benzene rings is 1. The number of hydrogen-bond donors (Lipinski definition) is 1. The minimum Gasteiger partial charge on any atom is -0.328 e. The molecule has 0 aliphatic heterocycles. The van der Waals surface area contributed by atoms with Crippen LogP contribution in [0.3, 0.4) is 0 Å². The van der Waals surface area contributed by atoms with Crippen molar-refractivity contribution in [2.45, 2.75) is 39.7 Å². The molecule has 19 heavy (non-hydrogen) atoms. The third-order valence-electron chi connectivity index (χ3n) is 3.44. The van der Waals surface area contributed by atoms with Gasteiger partial charge in [-0.1, -0.05) is 38.1 Å². The molecule has 0 saturated carbocycles. The highest BCUT2D eigenvalue weighted by atomic mass is 15.4. The maximum atomic E-state index is 5.99. The summed E-state index contributed by atoms with van der Waals surface area (Å²) in [5, 5.41) is 4.61. The lowest BCUT2D eigenvalue weighted by molar-refractivity contribution is 0.503. The van der Waals surface area contributed by atoms with Gasteiger partial charge in [-0.2, -0.15) is 5.10 Å². The molecule has 0 saturated heterocycles. The first kappa shape index (κ1) is 13.7. The highest BCUT2D eigenvalue weighted by Crippen LogP contribution is 2.22. The van der Waals surface area contributed by atoms with Crippen molar-refractivity contribution >= 4 is 0 Å². The van der Waals surface area contributed by atoms with E-state index in [1.807, 2.05) is 16.8 Å². The molecule has 1 atom stereocenters. The molecule has 1 aromatic heterocycles. The summed E-state index contributed by atoms with van der Waals surface area (Å²) in [5.41, 5.74) is 8.46. The molecule has 2 aromatic rings. The number of nitrogens with zero attached hydrogens (tertiary/aromatic N) is 3. The molecule has 2 N–H and O–H groups in total. The molecule has 4 heteroatoms. The Balaban J connectivity index is 2.47. The van der Waals surface area contributed by atoms with Crippen LogP contribution in [0.1, 0.15) is 42.7 Å². The molecule has 0 spiro atoms. The smallest absolute Gasteiger partial charge is 0.150 e. The van der Waals surface area contributed by atoms with Crippen LogP contribution < -0.4 is 5.73 Å². The molecule has 0 amide bonds. The molecule has 0 bridgehead atoms. The van der Waals surface area contributed by atoms with Gasteiger partial charge in [0.1, 0.15) is 5.82 Å². The zero-order chi connectivity index (χ0) is 13.8. The van der Waals surface area contributed by atoms with Crippen LogP contribution in [0.15, 0.2) is 24.3 Å². The number of aryl methyl sites for hydroxylation is 3. The highest BCUT2D eigenvalue weighted by molar-refractivity contribution is 5.29. The third kappa shape index (κ3) is 2.68. The van der Waals surface area contributed by atoms with Gasteiger partial charge in [-0.15, -0.1) is 0 Å². The summed E-state index contributed by atoms with van der Waals surface area (Å²) in [6.07, 6.45) is 1.72. The van der Waals surface area contributed by atoms with Gasteiger partial charge >= 0.3 is 0 Å². The summed E-state index contributed by atoms with van der Waals surface area (Å²) >= 11 is 0. The van der Waals surface area contributed by atoms with Gasteiger partial charge in [0.15, 0.2) is 5.82 Å². The Morgan fingerprint density at radius 3 is 2.53 bits per heavy atom. The Bertz CT molecular complexity index is 545. The summed E-state index contributed by atoms with van der Waals surface area (Å²) < 4.78 is 2.00. The first-order valence-electron chi connectivity index (χ1n) is 6.91. The number of nitrogens with two attached hydrogens (primary N) is 1. The standard InChI is InChI=1S/C15H22N4/c1-4-14-17-15(5-2)19(18-14)13(10-16)12-9-7-6-8-11(12)3/h6-9,13H,4-5,10,16H2,1-3H3. The second-order valence-corrected chi connectivity index (χ2v) is 4.70. The van der Waals surface area contributed by atoms with Crippen LogP contribution >= 0.6 is 0 Å². The van der Waals surface area contributed by atoms with E-state index in [1.165, 1.54) is 11.1 Å². The summed E-state index contributed by atoms with van der Waals surface area (Å²) in [5.74, 6) is 1.90. The van der Waals surface area contributed by atoms with Crippen LogP contribution in [0.5, 0.6) is 0 Å². The van der Waals surface area contributed by atoms with Gasteiger partial charge < -0.3 is 5.73 Å². The van der Waals surface area contributed by atoms with Crippen LogP contribution in [0.4, 0.5) is 0 Å².